The van der Waals surface area contributed by atoms with Gasteiger partial charge in [-0.15, -0.1) is 0 Å². The number of alkyl halides is 3. The van der Waals surface area contributed by atoms with Crippen LogP contribution >= 0.6 is 0 Å². The summed E-state index contributed by atoms with van der Waals surface area (Å²) in [7, 11) is 0. The first-order valence-electron chi connectivity index (χ1n) is 11.7. The molecule has 0 radical (unpaired) electrons. The Balaban J connectivity index is 1.63. The lowest BCUT2D eigenvalue weighted by Crippen LogP contribution is -2.24. The molecule has 7 heteroatoms. The molecule has 0 saturated carbocycles. The quantitative estimate of drug-likeness (QED) is 0.265. The van der Waals surface area contributed by atoms with Crippen LogP contribution in [0.4, 0.5) is 17.6 Å². The van der Waals surface area contributed by atoms with Crippen molar-refractivity contribution in [2.45, 2.75) is 77.2 Å². The van der Waals surface area contributed by atoms with E-state index < -0.39 is 29.1 Å². The van der Waals surface area contributed by atoms with Crippen LogP contribution in [0.3, 0.4) is 0 Å². The highest BCUT2D eigenvalue weighted by Gasteiger charge is 2.39. The summed E-state index contributed by atoms with van der Waals surface area (Å²) in [6, 6.07) is 9.99. The molecule has 3 nitrogen and oxygen atoms in total. The number of benzene rings is 2. The molecule has 1 aliphatic heterocycles. The third-order valence-corrected chi connectivity index (χ3v) is 5.93. The average molecular weight is 469 g/mol. The Morgan fingerprint density at radius 1 is 0.939 bits per heavy atom. The molecule has 182 valence electrons. The zero-order chi connectivity index (χ0) is 23.8. The van der Waals surface area contributed by atoms with Crippen molar-refractivity contribution in [2.24, 2.45) is 0 Å². The predicted molar refractivity (Wildman–Crippen MR) is 119 cm³/mol. The molecule has 2 unspecified atom stereocenters. The third-order valence-electron chi connectivity index (χ3n) is 5.93. The molecule has 2 aromatic rings. The maximum Gasteiger partial charge on any atom is 0.422 e. The zero-order valence-corrected chi connectivity index (χ0v) is 19.2. The van der Waals surface area contributed by atoms with Gasteiger partial charge >= 0.3 is 6.18 Å². The predicted octanol–water partition coefficient (Wildman–Crippen LogP) is 7.67. The van der Waals surface area contributed by atoms with Gasteiger partial charge in [0.15, 0.2) is 11.6 Å². The minimum absolute atomic E-state index is 0.0374. The Morgan fingerprint density at radius 3 is 2.27 bits per heavy atom. The molecule has 0 N–H and O–H groups in total. The average Bonchev–Trinajstić information content (AvgIpc) is 2.79. The number of ether oxygens (including phenoxy) is 3. The van der Waals surface area contributed by atoms with E-state index >= 15 is 0 Å². The summed E-state index contributed by atoms with van der Waals surface area (Å²) >= 11 is 0. The van der Waals surface area contributed by atoms with Crippen molar-refractivity contribution in [3.8, 4) is 11.5 Å². The van der Waals surface area contributed by atoms with Gasteiger partial charge in [-0.1, -0.05) is 51.0 Å². The summed E-state index contributed by atoms with van der Waals surface area (Å²) in [5.74, 6) is -2.08. The smallest absolute Gasteiger partial charge is 0.422 e. The Kier molecular flexibility index (Phi) is 9.01. The minimum Gasteiger partial charge on any atom is -0.493 e. The molecule has 1 fully saturated rings. The van der Waals surface area contributed by atoms with Gasteiger partial charge in [-0.25, -0.2) is 4.39 Å². The summed E-state index contributed by atoms with van der Waals surface area (Å²) < 4.78 is 71.6. The Bertz CT molecular complexity index is 872. The van der Waals surface area contributed by atoms with Crippen molar-refractivity contribution in [1.82, 2.24) is 0 Å². The van der Waals surface area contributed by atoms with Crippen LogP contribution in [0.15, 0.2) is 36.4 Å². The second-order valence-electron chi connectivity index (χ2n) is 8.50. The second kappa shape index (κ2) is 11.7. The van der Waals surface area contributed by atoms with Crippen LogP contribution in [0.2, 0.25) is 0 Å². The van der Waals surface area contributed by atoms with Crippen molar-refractivity contribution in [1.29, 1.82) is 0 Å². The van der Waals surface area contributed by atoms with Crippen LogP contribution in [0.25, 0.3) is 0 Å². The third kappa shape index (κ3) is 6.85. The number of rotatable bonds is 10. The van der Waals surface area contributed by atoms with E-state index in [-0.39, 0.29) is 13.2 Å². The van der Waals surface area contributed by atoms with Crippen LogP contribution in [-0.4, -0.2) is 19.3 Å². The fourth-order valence-corrected chi connectivity index (χ4v) is 4.03. The Morgan fingerprint density at radius 2 is 1.67 bits per heavy atom. The molecule has 1 aliphatic rings. The Labute approximate surface area is 193 Å². The van der Waals surface area contributed by atoms with Crippen LogP contribution in [0, 0.1) is 5.82 Å². The summed E-state index contributed by atoms with van der Waals surface area (Å²) in [6.07, 6.45) is 1.12. The van der Waals surface area contributed by atoms with Crippen molar-refractivity contribution < 1.29 is 31.8 Å². The second-order valence-corrected chi connectivity index (χ2v) is 8.50. The van der Waals surface area contributed by atoms with E-state index in [0.29, 0.717) is 25.0 Å². The molecule has 0 amide bonds. The number of halogens is 4. The van der Waals surface area contributed by atoms with E-state index in [1.165, 1.54) is 6.07 Å². The monoisotopic (exact) mass is 468 g/mol. The molecule has 0 aromatic heterocycles. The molecule has 0 spiro atoms. The van der Waals surface area contributed by atoms with E-state index in [0.717, 1.165) is 49.3 Å². The van der Waals surface area contributed by atoms with E-state index in [1.54, 1.807) is 0 Å². The first-order valence-corrected chi connectivity index (χ1v) is 11.7. The van der Waals surface area contributed by atoms with Gasteiger partial charge in [0.25, 0.3) is 0 Å². The maximum atomic E-state index is 14.7. The van der Waals surface area contributed by atoms with Gasteiger partial charge in [-0.2, -0.15) is 13.2 Å². The van der Waals surface area contributed by atoms with E-state index in [1.807, 2.05) is 31.2 Å². The topological polar surface area (TPSA) is 27.7 Å². The first kappa shape index (κ1) is 25.3. The SMILES string of the molecule is CCCCOc1ccc(OCc2ccc(C3CCC(CCC)OC3)cc2)c(F)c1C(F)(F)F. The largest absolute Gasteiger partial charge is 0.493 e. The molecule has 33 heavy (non-hydrogen) atoms. The molecule has 2 aromatic carbocycles. The molecule has 0 aliphatic carbocycles. The standard InChI is InChI=1S/C26H32F4O3/c1-3-5-15-31-22-13-14-23(25(27)24(22)26(28,29)30)33-16-18-7-9-19(10-8-18)20-11-12-21(6-4-2)32-17-20/h7-10,13-14,20-21H,3-6,11-12,15-17H2,1-2H3. The minimum atomic E-state index is -4.88. The van der Waals surface area contributed by atoms with E-state index in [4.69, 9.17) is 14.2 Å². The normalized spacial score (nSPS) is 18.8. The van der Waals surface area contributed by atoms with Crippen molar-refractivity contribution >= 4 is 0 Å². The molecular formula is C26H32F4O3. The van der Waals surface area contributed by atoms with Crippen molar-refractivity contribution in [3.05, 3.63) is 58.9 Å². The van der Waals surface area contributed by atoms with Gasteiger partial charge in [-0.3, -0.25) is 0 Å². The number of hydrogen-bond donors (Lipinski definition) is 0. The lowest BCUT2D eigenvalue weighted by Gasteiger charge is -2.29. The van der Waals surface area contributed by atoms with Gasteiger partial charge in [0, 0.05) is 5.92 Å². The van der Waals surface area contributed by atoms with Gasteiger partial charge in [0.1, 0.15) is 17.9 Å². The molecule has 1 saturated heterocycles. The fourth-order valence-electron chi connectivity index (χ4n) is 4.03. The summed E-state index contributed by atoms with van der Waals surface area (Å²) in [5, 5.41) is 0. The van der Waals surface area contributed by atoms with Crippen LogP contribution in [-0.2, 0) is 17.5 Å². The van der Waals surface area contributed by atoms with Gasteiger partial charge < -0.3 is 14.2 Å². The summed E-state index contributed by atoms with van der Waals surface area (Å²) in [5.41, 5.74) is 0.480. The highest BCUT2D eigenvalue weighted by atomic mass is 19.4. The fraction of sp³-hybridized carbons (Fsp3) is 0.538. The number of hydrogen-bond acceptors (Lipinski definition) is 3. The van der Waals surface area contributed by atoms with E-state index in [2.05, 4.69) is 6.92 Å². The van der Waals surface area contributed by atoms with Crippen molar-refractivity contribution in [3.63, 3.8) is 0 Å². The molecule has 3 rings (SSSR count). The molecule has 2 atom stereocenters. The van der Waals surface area contributed by atoms with Crippen LogP contribution in [0.5, 0.6) is 11.5 Å². The van der Waals surface area contributed by atoms with Crippen molar-refractivity contribution in [2.75, 3.05) is 13.2 Å². The van der Waals surface area contributed by atoms with Crippen LogP contribution < -0.4 is 9.47 Å². The zero-order valence-electron chi connectivity index (χ0n) is 19.2. The lowest BCUT2D eigenvalue weighted by atomic mass is 9.90. The van der Waals surface area contributed by atoms with Gasteiger partial charge in [-0.05, 0) is 48.9 Å². The summed E-state index contributed by atoms with van der Waals surface area (Å²) in [4.78, 5) is 0. The highest BCUT2D eigenvalue weighted by Crippen LogP contribution is 2.41. The van der Waals surface area contributed by atoms with Gasteiger partial charge in [0.2, 0.25) is 0 Å². The molecule has 1 heterocycles. The Hall–Kier alpha value is -2.28. The maximum absolute atomic E-state index is 14.7. The molecular weight excluding hydrogens is 436 g/mol. The van der Waals surface area contributed by atoms with E-state index in [9.17, 15) is 17.6 Å². The van der Waals surface area contributed by atoms with Crippen LogP contribution in [0.1, 0.15) is 75.0 Å². The summed E-state index contributed by atoms with van der Waals surface area (Å²) in [6.45, 7) is 4.80. The number of unbranched alkanes of at least 4 members (excludes halogenated alkanes) is 1. The molecule has 0 bridgehead atoms. The van der Waals surface area contributed by atoms with Gasteiger partial charge in [0.05, 0.1) is 19.3 Å². The first-order chi connectivity index (χ1) is 15.8. The highest BCUT2D eigenvalue weighted by molar-refractivity contribution is 5.44. The lowest BCUT2D eigenvalue weighted by molar-refractivity contribution is -0.141.